The summed E-state index contributed by atoms with van der Waals surface area (Å²) in [6.07, 6.45) is -4.63. The largest absolute Gasteiger partial charge is 0.427 e. The normalized spacial score (nSPS) is 15.6. The van der Waals surface area contributed by atoms with Crippen LogP contribution in [0.3, 0.4) is 0 Å². The molecule has 1 aromatic carbocycles. The van der Waals surface area contributed by atoms with Gasteiger partial charge in [0.25, 0.3) is 5.91 Å². The molecule has 1 saturated heterocycles. The summed E-state index contributed by atoms with van der Waals surface area (Å²) in [7, 11) is 0. The van der Waals surface area contributed by atoms with Crippen LogP contribution < -0.4 is 4.90 Å². The zero-order valence-corrected chi connectivity index (χ0v) is 13.5. The molecule has 3 rings (SSSR count). The number of hydrogen-bond acceptors (Lipinski definition) is 4. The first-order valence-electron chi connectivity index (χ1n) is 7.26. The van der Waals surface area contributed by atoms with E-state index in [1.165, 1.54) is 17.0 Å². The third-order valence-electron chi connectivity index (χ3n) is 3.81. The Morgan fingerprint density at radius 1 is 1.04 bits per heavy atom. The standard InChI is InChI=1S/C15H12F5N3OS/c16-9-5-10(17)7-11(6-9)22-1-3-23(4-2-22)14(24)12-13(15(18,19)20)25-8-21-12/h5-8H,1-4H2. The Labute approximate surface area is 143 Å². The Hall–Kier alpha value is -2.23. The van der Waals surface area contributed by atoms with Crippen molar-refractivity contribution in [2.75, 3.05) is 31.1 Å². The van der Waals surface area contributed by atoms with Crippen LogP contribution in [0.1, 0.15) is 15.4 Å². The summed E-state index contributed by atoms with van der Waals surface area (Å²) >= 11 is 0.372. The Balaban J connectivity index is 1.70. The van der Waals surface area contributed by atoms with E-state index < -0.39 is 34.3 Å². The number of anilines is 1. The smallest absolute Gasteiger partial charge is 0.368 e. The topological polar surface area (TPSA) is 36.4 Å². The molecule has 0 N–H and O–H groups in total. The van der Waals surface area contributed by atoms with Crippen LogP contribution in [0.5, 0.6) is 0 Å². The molecule has 0 saturated carbocycles. The van der Waals surface area contributed by atoms with Crippen LogP contribution in [0.25, 0.3) is 0 Å². The summed E-state index contributed by atoms with van der Waals surface area (Å²) in [5, 5.41) is 0. The Kier molecular flexibility index (Phi) is 4.63. The van der Waals surface area contributed by atoms with E-state index in [4.69, 9.17) is 0 Å². The number of benzene rings is 1. The van der Waals surface area contributed by atoms with Gasteiger partial charge < -0.3 is 9.80 Å². The van der Waals surface area contributed by atoms with Gasteiger partial charge in [-0.25, -0.2) is 13.8 Å². The molecule has 2 heterocycles. The third kappa shape index (κ3) is 3.73. The summed E-state index contributed by atoms with van der Waals surface area (Å²) in [5.41, 5.74) is 0.707. The average Bonchev–Trinajstić information content (AvgIpc) is 3.03. The molecular formula is C15H12F5N3OS. The fraction of sp³-hybridized carbons (Fsp3) is 0.333. The maximum Gasteiger partial charge on any atom is 0.427 e. The second kappa shape index (κ2) is 6.58. The molecule has 1 amide bonds. The molecule has 2 aromatic rings. The number of halogens is 5. The molecular weight excluding hydrogens is 365 g/mol. The molecule has 0 atom stereocenters. The highest BCUT2D eigenvalue weighted by atomic mass is 32.1. The first kappa shape index (κ1) is 17.6. The van der Waals surface area contributed by atoms with Gasteiger partial charge in [0.15, 0.2) is 5.69 Å². The monoisotopic (exact) mass is 377 g/mol. The maximum atomic E-state index is 13.3. The predicted octanol–water partition coefficient (Wildman–Crippen LogP) is 3.40. The molecule has 1 aromatic heterocycles. The highest BCUT2D eigenvalue weighted by molar-refractivity contribution is 7.10. The number of aromatic nitrogens is 1. The molecule has 1 fully saturated rings. The van der Waals surface area contributed by atoms with Crippen molar-refractivity contribution in [2.45, 2.75) is 6.18 Å². The van der Waals surface area contributed by atoms with Gasteiger partial charge in [-0.2, -0.15) is 13.2 Å². The van der Waals surface area contributed by atoms with E-state index in [0.29, 0.717) is 17.0 Å². The number of amides is 1. The number of carbonyl (C=O) groups excluding carboxylic acids is 1. The van der Waals surface area contributed by atoms with Crippen LogP contribution in [-0.4, -0.2) is 42.0 Å². The number of thiazole rings is 1. The number of carbonyl (C=O) groups is 1. The molecule has 0 bridgehead atoms. The summed E-state index contributed by atoms with van der Waals surface area (Å²) in [5.74, 6) is -2.23. The maximum absolute atomic E-state index is 13.3. The average molecular weight is 377 g/mol. The lowest BCUT2D eigenvalue weighted by molar-refractivity contribution is -0.134. The van der Waals surface area contributed by atoms with Gasteiger partial charge in [0.05, 0.1) is 5.51 Å². The van der Waals surface area contributed by atoms with E-state index in [9.17, 15) is 26.7 Å². The minimum atomic E-state index is -4.63. The predicted molar refractivity (Wildman–Crippen MR) is 81.6 cm³/mol. The SMILES string of the molecule is O=C(c1ncsc1C(F)(F)F)N1CCN(c2cc(F)cc(F)c2)CC1. The Morgan fingerprint density at radius 3 is 2.20 bits per heavy atom. The molecule has 4 nitrogen and oxygen atoms in total. The van der Waals surface area contributed by atoms with E-state index in [-0.39, 0.29) is 26.2 Å². The van der Waals surface area contributed by atoms with Crippen LogP contribution in [0.2, 0.25) is 0 Å². The molecule has 1 aliphatic heterocycles. The van der Waals surface area contributed by atoms with Gasteiger partial charge >= 0.3 is 6.18 Å². The lowest BCUT2D eigenvalue weighted by Gasteiger charge is -2.36. The van der Waals surface area contributed by atoms with Crippen molar-refractivity contribution in [1.82, 2.24) is 9.88 Å². The number of nitrogens with zero attached hydrogens (tertiary/aromatic N) is 3. The Bertz CT molecular complexity index is 763. The first-order chi connectivity index (χ1) is 11.8. The van der Waals surface area contributed by atoms with Gasteiger partial charge in [-0.1, -0.05) is 0 Å². The molecule has 0 unspecified atom stereocenters. The number of piperazine rings is 1. The van der Waals surface area contributed by atoms with E-state index in [2.05, 4.69) is 4.98 Å². The third-order valence-corrected chi connectivity index (χ3v) is 4.68. The summed E-state index contributed by atoms with van der Waals surface area (Å²) in [6, 6.07) is 3.09. The fourth-order valence-corrected chi connectivity index (χ4v) is 3.29. The summed E-state index contributed by atoms with van der Waals surface area (Å²) in [4.78, 5) is 17.8. The van der Waals surface area contributed by atoms with Crippen LogP contribution in [-0.2, 0) is 6.18 Å². The number of rotatable bonds is 2. The summed E-state index contributed by atoms with van der Waals surface area (Å²) in [6.45, 7) is 0.762. The van der Waals surface area contributed by atoms with Crippen molar-refractivity contribution in [2.24, 2.45) is 0 Å². The van der Waals surface area contributed by atoms with Gasteiger partial charge in [-0.15, -0.1) is 11.3 Å². The van der Waals surface area contributed by atoms with Crippen molar-refractivity contribution >= 4 is 22.9 Å². The van der Waals surface area contributed by atoms with E-state index in [1.54, 1.807) is 4.90 Å². The zero-order valence-electron chi connectivity index (χ0n) is 12.7. The van der Waals surface area contributed by atoms with Crippen LogP contribution in [0.4, 0.5) is 27.6 Å². The lowest BCUT2D eigenvalue weighted by Crippen LogP contribution is -2.49. The number of hydrogen-bond donors (Lipinski definition) is 0. The highest BCUT2D eigenvalue weighted by Gasteiger charge is 2.39. The van der Waals surface area contributed by atoms with E-state index in [1.807, 2.05) is 0 Å². The van der Waals surface area contributed by atoms with Gasteiger partial charge in [0.2, 0.25) is 0 Å². The van der Waals surface area contributed by atoms with Crippen molar-refractivity contribution < 1.29 is 26.7 Å². The highest BCUT2D eigenvalue weighted by Crippen LogP contribution is 2.35. The quantitative estimate of drug-likeness (QED) is 0.753. The molecule has 25 heavy (non-hydrogen) atoms. The zero-order chi connectivity index (χ0) is 18.2. The molecule has 0 radical (unpaired) electrons. The molecule has 0 spiro atoms. The molecule has 1 aliphatic rings. The second-order valence-electron chi connectivity index (χ2n) is 5.43. The van der Waals surface area contributed by atoms with Crippen LogP contribution in [0.15, 0.2) is 23.7 Å². The second-order valence-corrected chi connectivity index (χ2v) is 6.29. The molecule has 10 heteroatoms. The van der Waals surface area contributed by atoms with Crippen molar-refractivity contribution in [3.05, 3.63) is 45.9 Å². The van der Waals surface area contributed by atoms with Crippen molar-refractivity contribution in [3.63, 3.8) is 0 Å². The van der Waals surface area contributed by atoms with Crippen LogP contribution in [0, 0.1) is 11.6 Å². The van der Waals surface area contributed by atoms with Crippen molar-refractivity contribution in [3.8, 4) is 0 Å². The van der Waals surface area contributed by atoms with Gasteiger partial charge in [-0.05, 0) is 12.1 Å². The lowest BCUT2D eigenvalue weighted by atomic mass is 10.2. The molecule has 0 aliphatic carbocycles. The van der Waals surface area contributed by atoms with Gasteiger partial charge in [0.1, 0.15) is 16.5 Å². The Morgan fingerprint density at radius 2 is 1.64 bits per heavy atom. The fourth-order valence-electron chi connectivity index (χ4n) is 2.64. The van der Waals surface area contributed by atoms with Gasteiger partial charge in [-0.3, -0.25) is 4.79 Å². The van der Waals surface area contributed by atoms with Crippen molar-refractivity contribution in [1.29, 1.82) is 0 Å². The minimum Gasteiger partial charge on any atom is -0.368 e. The van der Waals surface area contributed by atoms with Gasteiger partial charge in [0, 0.05) is 37.9 Å². The first-order valence-corrected chi connectivity index (χ1v) is 8.14. The summed E-state index contributed by atoms with van der Waals surface area (Å²) < 4.78 is 65.2. The number of alkyl halides is 3. The molecule has 134 valence electrons. The van der Waals surface area contributed by atoms with Crippen LogP contribution >= 0.6 is 11.3 Å². The van der Waals surface area contributed by atoms with E-state index >= 15 is 0 Å². The van der Waals surface area contributed by atoms with E-state index in [0.717, 1.165) is 11.6 Å². The minimum absolute atomic E-state index is 0.131.